The number of hydrogen-bond acceptors (Lipinski definition) is 5. The number of rotatable bonds is 3. The molecule has 23 heavy (non-hydrogen) atoms. The Hall–Kier alpha value is -2.46. The molecule has 0 spiro atoms. The quantitative estimate of drug-likeness (QED) is 0.836. The van der Waals surface area contributed by atoms with Gasteiger partial charge >= 0.3 is 0 Å². The number of hydrogen-bond donors (Lipinski definition) is 2. The average molecular weight is 313 g/mol. The molecule has 2 atom stereocenters. The van der Waals surface area contributed by atoms with Crippen LogP contribution in [0.1, 0.15) is 45.6 Å². The van der Waals surface area contributed by atoms with Crippen LogP contribution in [-0.4, -0.2) is 21.0 Å². The van der Waals surface area contributed by atoms with Gasteiger partial charge in [-0.1, -0.05) is 6.08 Å². The number of alkyl halides is 1. The SMILES string of the molecule is CC1=C(C)C=C2C(=C=C1)CCC2Nc1nc(N)nc(C(C)F)n1. The summed E-state index contributed by atoms with van der Waals surface area (Å²) in [5, 5.41) is 3.26. The first-order valence-electron chi connectivity index (χ1n) is 7.71. The molecule has 1 fully saturated rings. The molecule has 0 aliphatic heterocycles. The zero-order valence-corrected chi connectivity index (χ0v) is 13.5. The van der Waals surface area contributed by atoms with Crippen LogP contribution in [0.25, 0.3) is 0 Å². The van der Waals surface area contributed by atoms with E-state index in [1.165, 1.54) is 29.2 Å². The van der Waals surface area contributed by atoms with Gasteiger partial charge in [-0.3, -0.25) is 0 Å². The van der Waals surface area contributed by atoms with E-state index in [0.717, 1.165) is 12.8 Å². The van der Waals surface area contributed by atoms with Crippen molar-refractivity contribution < 1.29 is 4.39 Å². The van der Waals surface area contributed by atoms with Gasteiger partial charge in [0, 0.05) is 0 Å². The van der Waals surface area contributed by atoms with E-state index in [2.05, 4.69) is 45.9 Å². The maximum Gasteiger partial charge on any atom is 0.228 e. The van der Waals surface area contributed by atoms with Crippen LogP contribution < -0.4 is 11.1 Å². The molecular weight excluding hydrogens is 293 g/mol. The summed E-state index contributed by atoms with van der Waals surface area (Å²) in [5.74, 6) is 0.392. The van der Waals surface area contributed by atoms with Crippen molar-refractivity contribution in [2.75, 3.05) is 11.1 Å². The second-order valence-corrected chi connectivity index (χ2v) is 5.96. The molecule has 0 aromatic carbocycles. The van der Waals surface area contributed by atoms with Crippen molar-refractivity contribution in [3.8, 4) is 0 Å². The Bertz CT molecular complexity index is 769. The molecular formula is C17H20FN5. The fourth-order valence-electron chi connectivity index (χ4n) is 2.76. The zero-order chi connectivity index (χ0) is 16.6. The van der Waals surface area contributed by atoms with Crippen LogP contribution in [-0.2, 0) is 0 Å². The van der Waals surface area contributed by atoms with Crippen LogP contribution in [0.3, 0.4) is 0 Å². The molecule has 0 amide bonds. The second-order valence-electron chi connectivity index (χ2n) is 5.96. The minimum Gasteiger partial charge on any atom is -0.368 e. The van der Waals surface area contributed by atoms with Gasteiger partial charge in [-0.15, -0.1) is 5.73 Å². The van der Waals surface area contributed by atoms with E-state index >= 15 is 0 Å². The van der Waals surface area contributed by atoms with Gasteiger partial charge < -0.3 is 11.1 Å². The van der Waals surface area contributed by atoms with Crippen LogP contribution in [0.5, 0.6) is 0 Å². The fraction of sp³-hybridized carbons (Fsp3) is 0.412. The van der Waals surface area contributed by atoms with Crippen LogP contribution in [0.2, 0.25) is 0 Å². The summed E-state index contributed by atoms with van der Waals surface area (Å²) < 4.78 is 13.5. The minimum atomic E-state index is -1.28. The first kappa shape index (κ1) is 15.4. The Labute approximate surface area is 134 Å². The lowest BCUT2D eigenvalue weighted by Gasteiger charge is -2.15. The van der Waals surface area contributed by atoms with Crippen molar-refractivity contribution in [2.45, 2.75) is 45.8 Å². The van der Waals surface area contributed by atoms with Gasteiger partial charge in [-0.2, -0.15) is 15.0 Å². The Kier molecular flexibility index (Phi) is 4.01. The highest BCUT2D eigenvalue weighted by molar-refractivity contribution is 5.52. The van der Waals surface area contributed by atoms with Gasteiger partial charge in [0.2, 0.25) is 11.9 Å². The number of allylic oxidation sites excluding steroid dienone is 3. The number of anilines is 2. The van der Waals surface area contributed by atoms with E-state index in [0.29, 0.717) is 5.95 Å². The number of halogens is 1. The normalized spacial score (nSPS) is 21.5. The molecule has 1 aromatic rings. The number of nitrogens with zero attached hydrogens (tertiary/aromatic N) is 3. The lowest BCUT2D eigenvalue weighted by atomic mass is 10.0. The van der Waals surface area contributed by atoms with Gasteiger partial charge in [0.05, 0.1) is 6.04 Å². The number of fused-ring (bicyclic) bond motifs is 1. The summed E-state index contributed by atoms with van der Waals surface area (Å²) in [5.41, 5.74) is 13.8. The molecule has 1 saturated carbocycles. The standard InChI is InChI=1S/C17H20FN5/c1-9-4-5-12-6-7-14(13(12)8-10(9)2)20-17-22-15(11(3)18)21-16(19)23-17/h4,8,11,14H,6-7H2,1-3H3,(H3,19,20,21,22,23). The zero-order valence-electron chi connectivity index (χ0n) is 13.5. The Morgan fingerprint density at radius 2 is 2.09 bits per heavy atom. The van der Waals surface area contributed by atoms with Crippen molar-refractivity contribution in [1.82, 2.24) is 15.0 Å². The molecule has 2 aliphatic rings. The molecule has 0 radical (unpaired) electrons. The second kappa shape index (κ2) is 5.97. The molecule has 6 heteroatoms. The van der Waals surface area contributed by atoms with E-state index in [9.17, 15) is 4.39 Å². The Morgan fingerprint density at radius 3 is 2.83 bits per heavy atom. The Balaban J connectivity index is 1.90. The van der Waals surface area contributed by atoms with Crippen LogP contribution in [0, 0.1) is 0 Å². The van der Waals surface area contributed by atoms with E-state index < -0.39 is 6.17 Å². The predicted molar refractivity (Wildman–Crippen MR) is 88.5 cm³/mol. The summed E-state index contributed by atoms with van der Waals surface area (Å²) in [7, 11) is 0. The molecule has 120 valence electrons. The van der Waals surface area contributed by atoms with Crippen LogP contribution in [0.15, 0.2) is 40.2 Å². The minimum absolute atomic E-state index is 0.0254. The molecule has 5 nitrogen and oxygen atoms in total. The highest BCUT2D eigenvalue weighted by Crippen LogP contribution is 2.34. The number of aromatic nitrogens is 3. The van der Waals surface area contributed by atoms with E-state index in [1.54, 1.807) is 0 Å². The molecule has 0 saturated heterocycles. The molecule has 2 unspecified atom stereocenters. The van der Waals surface area contributed by atoms with Gasteiger partial charge in [-0.25, -0.2) is 4.39 Å². The summed E-state index contributed by atoms with van der Waals surface area (Å²) in [6.07, 6.45) is 4.77. The van der Waals surface area contributed by atoms with E-state index in [-0.39, 0.29) is 17.8 Å². The third kappa shape index (κ3) is 3.17. The summed E-state index contributed by atoms with van der Waals surface area (Å²) in [4.78, 5) is 12.0. The van der Waals surface area contributed by atoms with E-state index in [4.69, 9.17) is 5.73 Å². The lowest BCUT2D eigenvalue weighted by Crippen LogP contribution is -2.21. The largest absolute Gasteiger partial charge is 0.368 e. The first-order chi connectivity index (χ1) is 10.9. The molecule has 3 rings (SSSR count). The first-order valence-corrected chi connectivity index (χ1v) is 7.71. The number of nitrogen functional groups attached to an aromatic ring is 1. The fourth-order valence-corrected chi connectivity index (χ4v) is 2.76. The van der Waals surface area contributed by atoms with Crippen molar-refractivity contribution in [1.29, 1.82) is 0 Å². The Morgan fingerprint density at radius 1 is 1.30 bits per heavy atom. The van der Waals surface area contributed by atoms with Gasteiger partial charge in [0.15, 0.2) is 12.0 Å². The molecule has 1 heterocycles. The van der Waals surface area contributed by atoms with Crippen molar-refractivity contribution in [3.63, 3.8) is 0 Å². The average Bonchev–Trinajstić information content (AvgIpc) is 2.79. The maximum atomic E-state index is 13.5. The van der Waals surface area contributed by atoms with Gasteiger partial charge in [0.1, 0.15) is 0 Å². The third-order valence-corrected chi connectivity index (χ3v) is 4.19. The summed E-state index contributed by atoms with van der Waals surface area (Å²) >= 11 is 0. The monoisotopic (exact) mass is 313 g/mol. The topological polar surface area (TPSA) is 76.7 Å². The van der Waals surface area contributed by atoms with Crippen LogP contribution in [0.4, 0.5) is 16.3 Å². The molecule has 3 N–H and O–H groups in total. The maximum absolute atomic E-state index is 13.5. The van der Waals surface area contributed by atoms with Gasteiger partial charge in [0.25, 0.3) is 0 Å². The van der Waals surface area contributed by atoms with Crippen molar-refractivity contribution in [2.24, 2.45) is 0 Å². The highest BCUT2D eigenvalue weighted by Gasteiger charge is 2.27. The third-order valence-electron chi connectivity index (χ3n) is 4.19. The predicted octanol–water partition coefficient (Wildman–Crippen LogP) is 3.42. The van der Waals surface area contributed by atoms with E-state index in [1.807, 2.05) is 6.08 Å². The summed E-state index contributed by atoms with van der Waals surface area (Å²) in [6, 6.07) is 0.0660. The summed E-state index contributed by atoms with van der Waals surface area (Å²) in [6.45, 7) is 5.54. The lowest BCUT2D eigenvalue weighted by molar-refractivity contribution is 0.356. The molecule has 0 bridgehead atoms. The number of nitrogens with two attached hydrogens (primary N) is 1. The molecule has 2 aliphatic carbocycles. The van der Waals surface area contributed by atoms with Crippen LogP contribution >= 0.6 is 0 Å². The highest BCUT2D eigenvalue weighted by atomic mass is 19.1. The van der Waals surface area contributed by atoms with Gasteiger partial charge in [-0.05, 0) is 62.0 Å². The number of nitrogens with one attached hydrogen (secondary N) is 1. The smallest absolute Gasteiger partial charge is 0.228 e. The van der Waals surface area contributed by atoms with Crippen molar-refractivity contribution >= 4 is 11.9 Å². The van der Waals surface area contributed by atoms with Crippen molar-refractivity contribution in [3.05, 3.63) is 46.0 Å². The molecule has 1 aromatic heterocycles.